The first-order chi connectivity index (χ1) is 27.0. The molecular weight excluding hydrogens is 763 g/mol. The van der Waals surface area contributed by atoms with Crippen LogP contribution >= 0.6 is 7.82 Å². The van der Waals surface area contributed by atoms with Gasteiger partial charge in [-0.15, -0.1) is 0 Å². The quantitative estimate of drug-likeness (QED) is 0.0310. The number of unbranched alkanes of at least 4 members (excludes halogenated alkanes) is 18. The molecule has 0 amide bonds. The van der Waals surface area contributed by atoms with Crippen molar-refractivity contribution >= 4 is 25.7 Å². The predicted molar refractivity (Wildman–Crippen MR) is 219 cm³/mol. The lowest BCUT2D eigenvalue weighted by Crippen LogP contribution is -2.33. The molecule has 1 aromatic heterocycles. The summed E-state index contributed by atoms with van der Waals surface area (Å²) >= 11 is 0. The van der Waals surface area contributed by atoms with Gasteiger partial charge in [0.2, 0.25) is 0 Å². The Hall–Kier alpha value is -2.88. The number of hydrogen-bond donors (Lipinski definition) is 7. The van der Waals surface area contributed by atoms with Crippen molar-refractivity contribution in [3.8, 4) is 0 Å². The minimum absolute atomic E-state index is 0.0283. The zero-order valence-corrected chi connectivity index (χ0v) is 35.9. The molecule has 1 fully saturated rings. The lowest BCUT2D eigenvalue weighted by atomic mass is 10.1. The summed E-state index contributed by atoms with van der Waals surface area (Å²) in [6.07, 6.45) is 24.4. The third-order valence-electron chi connectivity index (χ3n) is 9.05. The van der Waals surface area contributed by atoms with Gasteiger partial charge in [-0.2, -0.15) is 0 Å². The van der Waals surface area contributed by atoms with Crippen LogP contribution in [-0.4, -0.2) is 76.5 Å². The van der Waals surface area contributed by atoms with Gasteiger partial charge in [-0.3, -0.25) is 33.3 Å². The SMILES string of the molecule is CCCCCCCCCC(=O)O.CCCCCCCCCC(=O)O.CCCCCCCCCC(=O)O.Cc1cn([C@H]2C[C@H](O)[C@@H](COP(=O)(O)O)O2)c(=O)[nH]c1=O. The van der Waals surface area contributed by atoms with Crippen molar-refractivity contribution in [2.75, 3.05) is 6.61 Å². The molecule has 334 valence electrons. The molecule has 16 nitrogen and oxygen atoms in total. The molecule has 0 saturated carbocycles. The Bertz CT molecular complexity index is 1280. The van der Waals surface area contributed by atoms with E-state index in [1.807, 2.05) is 0 Å². The second-order valence-electron chi connectivity index (χ2n) is 14.5. The topological polar surface area (TPSA) is 263 Å². The normalized spacial score (nSPS) is 16.0. The zero-order valence-electron chi connectivity index (χ0n) is 35.0. The van der Waals surface area contributed by atoms with Gasteiger partial charge in [-0.05, 0) is 26.2 Å². The van der Waals surface area contributed by atoms with E-state index >= 15 is 0 Å². The Balaban J connectivity index is 0. The number of nitrogens with one attached hydrogen (secondary N) is 1. The van der Waals surface area contributed by atoms with Gasteiger partial charge in [0.05, 0.1) is 12.7 Å². The highest BCUT2D eigenvalue weighted by Gasteiger charge is 2.37. The minimum atomic E-state index is -4.67. The van der Waals surface area contributed by atoms with Crippen molar-refractivity contribution in [2.24, 2.45) is 0 Å². The number of rotatable bonds is 28. The van der Waals surface area contributed by atoms with Crippen LogP contribution in [0.4, 0.5) is 0 Å². The Morgan fingerprint density at radius 2 is 1.05 bits per heavy atom. The van der Waals surface area contributed by atoms with Gasteiger partial charge in [0.15, 0.2) is 0 Å². The summed E-state index contributed by atoms with van der Waals surface area (Å²) in [5, 5.41) is 34.8. The molecule has 0 spiro atoms. The molecule has 1 aromatic rings. The number of aliphatic carboxylic acids is 3. The largest absolute Gasteiger partial charge is 0.481 e. The average Bonchev–Trinajstić information content (AvgIpc) is 3.51. The van der Waals surface area contributed by atoms with E-state index in [-0.39, 0.29) is 6.42 Å². The Morgan fingerprint density at radius 1 is 0.702 bits per heavy atom. The molecule has 0 aromatic carbocycles. The van der Waals surface area contributed by atoms with Crippen molar-refractivity contribution in [2.45, 2.75) is 207 Å². The Kier molecular flexibility index (Phi) is 35.7. The van der Waals surface area contributed by atoms with Gasteiger partial charge in [0.1, 0.15) is 12.3 Å². The summed E-state index contributed by atoms with van der Waals surface area (Å²) in [4.78, 5) is 72.7. The van der Waals surface area contributed by atoms with E-state index in [0.29, 0.717) is 24.8 Å². The summed E-state index contributed by atoms with van der Waals surface area (Å²) in [6.45, 7) is 7.59. The molecule has 3 atom stereocenters. The molecule has 1 aliphatic rings. The summed E-state index contributed by atoms with van der Waals surface area (Å²) in [6, 6.07) is 0. The molecule has 0 unspecified atom stereocenters. The van der Waals surface area contributed by atoms with Gasteiger partial charge in [-0.25, -0.2) is 9.36 Å². The van der Waals surface area contributed by atoms with Gasteiger partial charge in [-0.1, -0.05) is 136 Å². The molecule has 2 rings (SSSR count). The monoisotopic (exact) mass is 838 g/mol. The van der Waals surface area contributed by atoms with E-state index in [0.717, 1.165) is 43.1 Å². The molecule has 1 aliphatic heterocycles. The van der Waals surface area contributed by atoms with E-state index in [2.05, 4.69) is 30.3 Å². The molecule has 57 heavy (non-hydrogen) atoms. The van der Waals surface area contributed by atoms with E-state index in [1.165, 1.54) is 109 Å². The summed E-state index contributed by atoms with van der Waals surface area (Å²) in [5.41, 5.74) is -0.918. The maximum absolute atomic E-state index is 11.7. The molecule has 7 N–H and O–H groups in total. The smallest absolute Gasteiger partial charge is 0.469 e. The van der Waals surface area contributed by atoms with E-state index in [1.54, 1.807) is 0 Å². The lowest BCUT2D eigenvalue weighted by molar-refractivity contribution is -0.138. The first-order valence-corrected chi connectivity index (χ1v) is 22.5. The van der Waals surface area contributed by atoms with Crippen molar-refractivity contribution in [1.29, 1.82) is 0 Å². The van der Waals surface area contributed by atoms with Gasteiger partial charge < -0.3 is 34.9 Å². The highest BCUT2D eigenvalue weighted by atomic mass is 31.2. The molecule has 1 saturated heterocycles. The summed E-state index contributed by atoms with van der Waals surface area (Å²) in [7, 11) is -4.67. The number of aliphatic hydroxyl groups excluding tert-OH is 1. The molecular formula is C40H75N2O14P. The highest BCUT2D eigenvalue weighted by molar-refractivity contribution is 7.46. The number of aryl methyl sites for hydroxylation is 1. The maximum Gasteiger partial charge on any atom is 0.469 e. The number of carboxylic acids is 3. The summed E-state index contributed by atoms with van der Waals surface area (Å²) < 4.78 is 21.4. The number of phosphoric ester groups is 1. The van der Waals surface area contributed by atoms with E-state index in [4.69, 9.17) is 29.8 Å². The zero-order chi connectivity index (χ0) is 43.5. The highest BCUT2D eigenvalue weighted by Crippen LogP contribution is 2.38. The first-order valence-electron chi connectivity index (χ1n) is 21.0. The van der Waals surface area contributed by atoms with E-state index < -0.39 is 62.0 Å². The van der Waals surface area contributed by atoms with E-state index in [9.17, 15) is 33.6 Å². The fourth-order valence-corrected chi connectivity index (χ4v) is 6.05. The number of carbonyl (C=O) groups is 3. The number of phosphoric acid groups is 1. The van der Waals surface area contributed by atoms with Crippen molar-refractivity contribution < 1.29 is 58.4 Å². The minimum Gasteiger partial charge on any atom is -0.481 e. The predicted octanol–water partition coefficient (Wildman–Crippen LogP) is 8.24. The van der Waals surface area contributed by atoms with Crippen LogP contribution in [0.1, 0.15) is 193 Å². The number of nitrogens with zero attached hydrogens (tertiary/aromatic N) is 1. The number of ether oxygens (including phenoxy) is 1. The molecule has 2 heterocycles. The summed E-state index contributed by atoms with van der Waals surface area (Å²) in [5.74, 6) is -1.99. The lowest BCUT2D eigenvalue weighted by Gasteiger charge is -2.16. The number of aliphatic hydroxyl groups is 1. The van der Waals surface area contributed by atoms with Crippen molar-refractivity contribution in [1.82, 2.24) is 9.55 Å². The molecule has 0 aliphatic carbocycles. The van der Waals surface area contributed by atoms with Crippen LogP contribution in [0.5, 0.6) is 0 Å². The maximum atomic E-state index is 11.7. The number of carboxylic acid groups (broad SMARTS) is 3. The van der Waals surface area contributed by atoms with Gasteiger partial charge in [0, 0.05) is 37.4 Å². The molecule has 0 bridgehead atoms. The van der Waals surface area contributed by atoms with Crippen LogP contribution < -0.4 is 11.2 Å². The number of hydrogen-bond acceptors (Lipinski definition) is 9. The Labute approximate surface area is 339 Å². The van der Waals surface area contributed by atoms with Crippen LogP contribution in [0.15, 0.2) is 15.8 Å². The van der Waals surface area contributed by atoms with Gasteiger partial charge in [0.25, 0.3) is 5.56 Å². The number of aromatic amines is 1. The fourth-order valence-electron chi connectivity index (χ4n) is 5.71. The third kappa shape index (κ3) is 36.0. The van der Waals surface area contributed by atoms with Gasteiger partial charge >= 0.3 is 31.4 Å². The second-order valence-corrected chi connectivity index (χ2v) is 15.7. The average molecular weight is 839 g/mol. The second kappa shape index (κ2) is 36.2. The fraction of sp³-hybridized carbons (Fsp3) is 0.825. The molecule has 0 radical (unpaired) electrons. The van der Waals surface area contributed by atoms with Crippen LogP contribution in [-0.2, 0) is 28.2 Å². The van der Waals surface area contributed by atoms with Crippen molar-refractivity contribution in [3.63, 3.8) is 0 Å². The Morgan fingerprint density at radius 3 is 1.39 bits per heavy atom. The van der Waals surface area contributed by atoms with Crippen LogP contribution in [0, 0.1) is 6.92 Å². The van der Waals surface area contributed by atoms with Crippen molar-refractivity contribution in [3.05, 3.63) is 32.6 Å². The number of aromatic nitrogens is 2. The van der Waals surface area contributed by atoms with Crippen LogP contribution in [0.2, 0.25) is 0 Å². The van der Waals surface area contributed by atoms with Crippen LogP contribution in [0.3, 0.4) is 0 Å². The van der Waals surface area contributed by atoms with Crippen LogP contribution in [0.25, 0.3) is 0 Å². The number of H-pyrrole nitrogens is 1. The standard InChI is InChI=1S/C10H15N2O8P.3C10H20O2/c1-5-3-12(10(15)11-9(5)14)8-2-6(13)7(20-8)4-19-21(16,17)18;3*1-2-3-4-5-6-7-8-9-10(11)12/h3,6-8,13H,2,4H2,1H3,(H,11,14,15)(H2,16,17,18);3*2-9H2,1H3,(H,11,12)/t6-,7+,8+;;;/m0.../s1. The molecule has 17 heteroatoms. The third-order valence-corrected chi connectivity index (χ3v) is 9.54. The first kappa shape index (κ1) is 56.2.